The molecule has 1 aliphatic heterocycles. The van der Waals surface area contributed by atoms with Gasteiger partial charge in [0.2, 0.25) is 5.95 Å². The summed E-state index contributed by atoms with van der Waals surface area (Å²) in [6.07, 6.45) is 2.57. The largest absolute Gasteiger partial charge is 0.342 e. The second-order valence-electron chi connectivity index (χ2n) is 8.18. The zero-order chi connectivity index (χ0) is 22.6. The topological polar surface area (TPSA) is 84.2 Å². The lowest BCUT2D eigenvalue weighted by Gasteiger charge is -2.26. The summed E-state index contributed by atoms with van der Waals surface area (Å²) in [6.45, 7) is 1.19. The van der Waals surface area contributed by atoms with Gasteiger partial charge in [0.05, 0.1) is 11.9 Å². The molecule has 3 aromatic rings. The number of aromatic nitrogens is 4. The number of pyridine rings is 2. The highest BCUT2D eigenvalue weighted by Gasteiger charge is 2.59. The molecule has 2 aliphatic rings. The molecule has 0 unspecified atom stereocenters. The van der Waals surface area contributed by atoms with Gasteiger partial charge in [-0.1, -0.05) is 17.7 Å². The first-order valence-electron chi connectivity index (χ1n) is 10.2. The first-order chi connectivity index (χ1) is 15.3. The van der Waals surface area contributed by atoms with Gasteiger partial charge in [-0.05, 0) is 18.2 Å². The molecule has 3 atom stereocenters. The lowest BCUT2D eigenvalue weighted by Crippen LogP contribution is -2.38. The maximum absolute atomic E-state index is 14.2. The van der Waals surface area contributed by atoms with Crippen LogP contribution in [0.2, 0.25) is 5.15 Å². The Morgan fingerprint density at radius 1 is 1.22 bits per heavy atom. The molecule has 0 spiro atoms. The van der Waals surface area contributed by atoms with Crippen molar-refractivity contribution in [1.82, 2.24) is 24.4 Å². The Hall–Kier alpha value is -3.33. The monoisotopic (exact) mass is 454 g/mol. The van der Waals surface area contributed by atoms with Gasteiger partial charge < -0.3 is 9.80 Å². The van der Waals surface area contributed by atoms with Gasteiger partial charge in [-0.3, -0.25) is 19.1 Å². The summed E-state index contributed by atoms with van der Waals surface area (Å²) in [5, 5.41) is 0.287. The first-order valence-corrected chi connectivity index (χ1v) is 10.6. The number of fused-ring (bicyclic) bond motifs is 1. The number of hydrogen-bond acceptors (Lipinski definition) is 6. The van der Waals surface area contributed by atoms with Crippen molar-refractivity contribution in [2.24, 2.45) is 18.9 Å². The fraction of sp³-hybridized carbons (Fsp3) is 0.318. The van der Waals surface area contributed by atoms with Crippen molar-refractivity contribution in [3.63, 3.8) is 0 Å². The van der Waals surface area contributed by atoms with Gasteiger partial charge in [-0.2, -0.15) is 0 Å². The SMILES string of the molecule is CN(c1nc(-c2ccncc2F)cc(=O)n1C)[C@H]1[C@@H]2CN(C(=O)c3cccc(Cl)n3)C[C@@H]21. The number of rotatable bonds is 4. The van der Waals surface area contributed by atoms with E-state index in [-0.39, 0.29) is 45.8 Å². The first kappa shape index (κ1) is 20.6. The van der Waals surface area contributed by atoms with E-state index in [9.17, 15) is 14.0 Å². The van der Waals surface area contributed by atoms with Crippen LogP contribution in [-0.4, -0.2) is 56.5 Å². The van der Waals surface area contributed by atoms with E-state index in [1.807, 2.05) is 11.9 Å². The average Bonchev–Trinajstić information content (AvgIpc) is 3.28. The molecule has 1 aliphatic carbocycles. The molecule has 0 aromatic carbocycles. The summed E-state index contributed by atoms with van der Waals surface area (Å²) in [5.74, 6) is 0.316. The van der Waals surface area contributed by atoms with E-state index in [1.165, 1.54) is 22.9 Å². The van der Waals surface area contributed by atoms with Crippen LogP contribution in [0.15, 0.2) is 47.5 Å². The van der Waals surface area contributed by atoms with Crippen LogP contribution >= 0.6 is 11.6 Å². The van der Waals surface area contributed by atoms with Crippen LogP contribution in [-0.2, 0) is 7.05 Å². The van der Waals surface area contributed by atoms with Gasteiger partial charge in [-0.15, -0.1) is 0 Å². The van der Waals surface area contributed by atoms with Crippen LogP contribution in [0.25, 0.3) is 11.3 Å². The van der Waals surface area contributed by atoms with Gasteiger partial charge in [0.1, 0.15) is 10.8 Å². The number of carbonyl (C=O) groups is 1. The Morgan fingerprint density at radius 2 is 1.97 bits per heavy atom. The Bertz CT molecular complexity index is 1270. The second-order valence-corrected chi connectivity index (χ2v) is 8.57. The minimum Gasteiger partial charge on any atom is -0.342 e. The molecule has 0 radical (unpaired) electrons. The Balaban J connectivity index is 1.35. The molecule has 1 saturated carbocycles. The molecule has 164 valence electrons. The van der Waals surface area contributed by atoms with Crippen LogP contribution < -0.4 is 10.5 Å². The van der Waals surface area contributed by atoms with E-state index in [0.29, 0.717) is 24.7 Å². The third kappa shape index (κ3) is 3.42. The zero-order valence-corrected chi connectivity index (χ0v) is 18.2. The molecule has 2 fully saturated rings. The lowest BCUT2D eigenvalue weighted by atomic mass is 10.2. The molecular formula is C22H20ClFN6O2. The van der Waals surface area contributed by atoms with Gasteiger partial charge in [0.15, 0.2) is 5.82 Å². The van der Waals surface area contributed by atoms with Crippen LogP contribution in [0, 0.1) is 17.7 Å². The van der Waals surface area contributed by atoms with Crippen molar-refractivity contribution < 1.29 is 9.18 Å². The normalized spacial score (nSPS) is 21.4. The molecule has 4 heterocycles. The van der Waals surface area contributed by atoms with E-state index >= 15 is 0 Å². The van der Waals surface area contributed by atoms with Crippen molar-refractivity contribution in [1.29, 1.82) is 0 Å². The highest BCUT2D eigenvalue weighted by molar-refractivity contribution is 6.29. The number of carbonyl (C=O) groups excluding carboxylic acids is 1. The summed E-state index contributed by atoms with van der Waals surface area (Å²) in [7, 11) is 3.52. The minimum absolute atomic E-state index is 0.137. The van der Waals surface area contributed by atoms with Gasteiger partial charge in [0, 0.05) is 62.9 Å². The summed E-state index contributed by atoms with van der Waals surface area (Å²) in [4.78, 5) is 41.5. The molecule has 3 aromatic heterocycles. The van der Waals surface area contributed by atoms with E-state index in [0.717, 1.165) is 6.20 Å². The Morgan fingerprint density at radius 3 is 2.66 bits per heavy atom. The minimum atomic E-state index is -0.533. The summed E-state index contributed by atoms with van der Waals surface area (Å²) in [6, 6.07) is 7.96. The van der Waals surface area contributed by atoms with E-state index in [4.69, 9.17) is 11.6 Å². The molecule has 5 rings (SSSR count). The van der Waals surface area contributed by atoms with Crippen molar-refractivity contribution >= 4 is 23.5 Å². The summed E-state index contributed by atoms with van der Waals surface area (Å²) in [5.41, 5.74) is 0.557. The quantitative estimate of drug-likeness (QED) is 0.562. The van der Waals surface area contributed by atoms with Crippen LogP contribution in [0.1, 0.15) is 10.5 Å². The third-order valence-corrected chi connectivity index (χ3v) is 6.50. The molecule has 1 amide bonds. The fourth-order valence-corrected chi connectivity index (χ4v) is 4.79. The number of hydrogen-bond donors (Lipinski definition) is 0. The van der Waals surface area contributed by atoms with Crippen LogP contribution in [0.4, 0.5) is 10.3 Å². The van der Waals surface area contributed by atoms with Gasteiger partial charge in [-0.25, -0.2) is 14.4 Å². The van der Waals surface area contributed by atoms with Crippen LogP contribution in [0.3, 0.4) is 0 Å². The molecule has 1 saturated heterocycles. The highest BCUT2D eigenvalue weighted by Crippen LogP contribution is 2.49. The number of likely N-dealkylation sites (tertiary alicyclic amines) is 1. The summed E-state index contributed by atoms with van der Waals surface area (Å²) >= 11 is 5.91. The molecule has 0 N–H and O–H groups in total. The van der Waals surface area contributed by atoms with E-state index in [2.05, 4.69) is 15.0 Å². The van der Waals surface area contributed by atoms with Crippen molar-refractivity contribution in [2.75, 3.05) is 25.0 Å². The predicted molar refractivity (Wildman–Crippen MR) is 117 cm³/mol. The number of anilines is 1. The summed E-state index contributed by atoms with van der Waals surface area (Å²) < 4.78 is 15.7. The number of amides is 1. The van der Waals surface area contributed by atoms with Crippen molar-refractivity contribution in [3.8, 4) is 11.3 Å². The molecule has 8 nitrogen and oxygen atoms in total. The van der Waals surface area contributed by atoms with Crippen LogP contribution in [0.5, 0.6) is 0 Å². The second kappa shape index (κ2) is 7.67. The highest BCUT2D eigenvalue weighted by atomic mass is 35.5. The average molecular weight is 455 g/mol. The van der Waals surface area contributed by atoms with Gasteiger partial charge in [0.25, 0.3) is 11.5 Å². The van der Waals surface area contributed by atoms with Crippen molar-refractivity contribution in [2.45, 2.75) is 6.04 Å². The lowest BCUT2D eigenvalue weighted by molar-refractivity contribution is 0.0767. The fourth-order valence-electron chi connectivity index (χ4n) is 4.62. The zero-order valence-electron chi connectivity index (χ0n) is 17.4. The maximum Gasteiger partial charge on any atom is 0.272 e. The predicted octanol–water partition coefficient (Wildman–Crippen LogP) is 2.24. The van der Waals surface area contributed by atoms with Gasteiger partial charge >= 0.3 is 0 Å². The standard InChI is InChI=1S/C22H20ClFN6O2/c1-28-19(31)8-17(12-6-7-25-9-15(12)24)27-22(28)29(2)20-13-10-30(11-14(13)20)21(32)16-4-3-5-18(23)26-16/h3-9,13-14,20H,10-11H2,1-2H3/t13-,14+,20+. The molecular weight excluding hydrogens is 435 g/mol. The Labute approximate surface area is 188 Å². The third-order valence-electron chi connectivity index (χ3n) is 6.29. The van der Waals surface area contributed by atoms with E-state index < -0.39 is 5.82 Å². The number of piperidine rings is 1. The molecule has 32 heavy (non-hydrogen) atoms. The molecule has 0 bridgehead atoms. The maximum atomic E-state index is 14.2. The van der Waals surface area contributed by atoms with Crippen molar-refractivity contribution in [3.05, 3.63) is 69.7 Å². The number of halogens is 2. The molecule has 10 heteroatoms. The smallest absolute Gasteiger partial charge is 0.272 e. The van der Waals surface area contributed by atoms with E-state index in [1.54, 1.807) is 30.1 Å². The Kier molecular flexibility index (Phi) is 4.93. The number of nitrogens with zero attached hydrogens (tertiary/aromatic N) is 6.